The Kier molecular flexibility index (Phi) is 6.15. The highest BCUT2D eigenvalue weighted by Gasteiger charge is 2.21. The summed E-state index contributed by atoms with van der Waals surface area (Å²) >= 11 is 0. The quantitative estimate of drug-likeness (QED) is 0.461. The number of amides is 2. The van der Waals surface area contributed by atoms with E-state index in [9.17, 15) is 19.7 Å². The number of carbonyl (C=O) groups excluding carboxylic acids is 2. The van der Waals surface area contributed by atoms with E-state index >= 15 is 0 Å². The topological polar surface area (TPSA) is 119 Å². The molecule has 2 amide bonds. The first kappa shape index (κ1) is 21.7. The lowest BCUT2D eigenvalue weighted by Crippen LogP contribution is -2.13. The Bertz CT molecular complexity index is 1170. The molecular weight excluding hydrogens is 398 g/mol. The normalized spacial score (nSPS) is 10.6. The monoisotopic (exact) mass is 421 g/mol. The minimum absolute atomic E-state index is 0.0239. The van der Waals surface area contributed by atoms with E-state index in [4.69, 9.17) is 0 Å². The number of benzene rings is 2. The average molecular weight is 421 g/mol. The van der Waals surface area contributed by atoms with Crippen LogP contribution < -0.4 is 10.6 Å². The van der Waals surface area contributed by atoms with Crippen LogP contribution >= 0.6 is 0 Å². The Morgan fingerprint density at radius 1 is 1.06 bits per heavy atom. The Hall–Kier alpha value is -4.01. The molecule has 0 aliphatic carbocycles. The average Bonchev–Trinajstić information content (AvgIpc) is 2.97. The van der Waals surface area contributed by atoms with Crippen molar-refractivity contribution in [1.82, 2.24) is 9.78 Å². The van der Waals surface area contributed by atoms with Gasteiger partial charge in [-0.1, -0.05) is 12.1 Å². The lowest BCUT2D eigenvalue weighted by atomic mass is 10.1. The summed E-state index contributed by atoms with van der Waals surface area (Å²) < 4.78 is 1.59. The van der Waals surface area contributed by atoms with Crippen LogP contribution in [0.4, 0.5) is 17.1 Å². The number of rotatable bonds is 6. The first-order valence-corrected chi connectivity index (χ1v) is 9.62. The highest BCUT2D eigenvalue weighted by Crippen LogP contribution is 2.23. The summed E-state index contributed by atoms with van der Waals surface area (Å²) in [5.74, 6) is -0.421. The maximum Gasteiger partial charge on any atom is 0.312 e. The van der Waals surface area contributed by atoms with E-state index in [1.54, 1.807) is 61.0 Å². The zero-order valence-electron chi connectivity index (χ0n) is 17.7. The van der Waals surface area contributed by atoms with Crippen LogP contribution in [0.3, 0.4) is 0 Å². The van der Waals surface area contributed by atoms with Gasteiger partial charge in [0.05, 0.1) is 11.5 Å². The summed E-state index contributed by atoms with van der Waals surface area (Å²) in [5, 5.41) is 21.0. The molecule has 31 heavy (non-hydrogen) atoms. The first-order valence-electron chi connectivity index (χ1n) is 9.62. The lowest BCUT2D eigenvalue weighted by Gasteiger charge is -2.11. The molecule has 3 rings (SSSR count). The molecule has 1 aromatic heterocycles. The van der Waals surface area contributed by atoms with Crippen molar-refractivity contribution < 1.29 is 14.5 Å². The van der Waals surface area contributed by atoms with Crippen molar-refractivity contribution in [3.63, 3.8) is 0 Å². The van der Waals surface area contributed by atoms with Gasteiger partial charge in [0.2, 0.25) is 5.91 Å². The molecule has 0 radical (unpaired) electrons. The predicted molar refractivity (Wildman–Crippen MR) is 117 cm³/mol. The molecule has 1 heterocycles. The zero-order valence-corrected chi connectivity index (χ0v) is 17.7. The maximum atomic E-state index is 12.6. The van der Waals surface area contributed by atoms with Gasteiger partial charge in [-0.25, -0.2) is 0 Å². The smallest absolute Gasteiger partial charge is 0.312 e. The van der Waals surface area contributed by atoms with Crippen molar-refractivity contribution in [3.05, 3.63) is 80.7 Å². The molecule has 0 atom stereocenters. The molecule has 0 fully saturated rings. The molecule has 0 aliphatic heterocycles. The molecule has 0 unspecified atom stereocenters. The second kappa shape index (κ2) is 8.78. The van der Waals surface area contributed by atoms with Gasteiger partial charge in [0.15, 0.2) is 0 Å². The van der Waals surface area contributed by atoms with Crippen LogP contribution in [0.15, 0.2) is 42.5 Å². The summed E-state index contributed by atoms with van der Waals surface area (Å²) in [5.41, 5.74) is 4.38. The third-order valence-electron chi connectivity index (χ3n) is 4.87. The van der Waals surface area contributed by atoms with E-state index in [0.717, 1.165) is 11.1 Å². The molecule has 2 aromatic carbocycles. The summed E-state index contributed by atoms with van der Waals surface area (Å²) in [6, 6.07) is 12.2. The number of anilines is 2. The fraction of sp³-hybridized carbons (Fsp3) is 0.227. The van der Waals surface area contributed by atoms with Crippen molar-refractivity contribution >= 4 is 28.9 Å². The van der Waals surface area contributed by atoms with Crippen molar-refractivity contribution in [2.45, 2.75) is 34.2 Å². The van der Waals surface area contributed by atoms with Gasteiger partial charge in [-0.3, -0.25) is 24.4 Å². The second-order valence-electron chi connectivity index (χ2n) is 7.30. The fourth-order valence-corrected chi connectivity index (χ4v) is 3.31. The van der Waals surface area contributed by atoms with Crippen LogP contribution in [0.25, 0.3) is 0 Å². The van der Waals surface area contributed by atoms with Crippen molar-refractivity contribution in [3.8, 4) is 0 Å². The minimum Gasteiger partial charge on any atom is -0.326 e. The first-order chi connectivity index (χ1) is 14.7. The molecule has 160 valence electrons. The number of carbonyl (C=O) groups is 2. The standard InChI is InChI=1S/C22H23N5O4/c1-13-11-19(9-10-20(13)23-16(4)28)24-22(29)18-7-5-17(6-8-18)12-26-15(3)21(27(30)31)14(2)25-26/h5-11H,12H2,1-4H3,(H,23,28)(H,24,29). The highest BCUT2D eigenvalue weighted by atomic mass is 16.6. The molecule has 0 bridgehead atoms. The van der Waals surface area contributed by atoms with E-state index in [-0.39, 0.29) is 17.5 Å². The number of hydrogen-bond donors (Lipinski definition) is 2. The Morgan fingerprint density at radius 2 is 1.74 bits per heavy atom. The Morgan fingerprint density at radius 3 is 2.29 bits per heavy atom. The molecule has 0 spiro atoms. The van der Waals surface area contributed by atoms with Crippen LogP contribution in [0, 0.1) is 30.9 Å². The van der Waals surface area contributed by atoms with E-state index < -0.39 is 4.92 Å². The number of hydrogen-bond acceptors (Lipinski definition) is 5. The van der Waals surface area contributed by atoms with Gasteiger partial charge in [-0.15, -0.1) is 0 Å². The van der Waals surface area contributed by atoms with E-state index in [1.165, 1.54) is 6.92 Å². The molecule has 2 N–H and O–H groups in total. The van der Waals surface area contributed by atoms with Gasteiger partial charge in [-0.2, -0.15) is 5.10 Å². The fourth-order valence-electron chi connectivity index (χ4n) is 3.31. The van der Waals surface area contributed by atoms with Gasteiger partial charge >= 0.3 is 5.69 Å². The van der Waals surface area contributed by atoms with Gasteiger partial charge in [0, 0.05) is 23.9 Å². The van der Waals surface area contributed by atoms with Crippen molar-refractivity contribution in [2.24, 2.45) is 0 Å². The van der Waals surface area contributed by atoms with Crippen LogP contribution in [0.5, 0.6) is 0 Å². The predicted octanol–water partition coefficient (Wildman–Crippen LogP) is 3.98. The Balaban J connectivity index is 1.70. The zero-order chi connectivity index (χ0) is 22.7. The molecular formula is C22H23N5O4. The third kappa shape index (κ3) is 4.95. The molecule has 9 heteroatoms. The van der Waals surface area contributed by atoms with Crippen molar-refractivity contribution in [2.75, 3.05) is 10.6 Å². The van der Waals surface area contributed by atoms with Gasteiger partial charge in [-0.05, 0) is 62.2 Å². The van der Waals surface area contributed by atoms with Crippen LogP contribution in [-0.4, -0.2) is 26.5 Å². The third-order valence-corrected chi connectivity index (χ3v) is 4.87. The minimum atomic E-state index is -0.425. The number of aromatic nitrogens is 2. The summed E-state index contributed by atoms with van der Waals surface area (Å²) in [6.07, 6.45) is 0. The van der Waals surface area contributed by atoms with Gasteiger partial charge in [0.1, 0.15) is 11.4 Å². The SMILES string of the molecule is CC(=O)Nc1ccc(NC(=O)c2ccc(Cn3nc(C)c([N+](=O)[O-])c3C)cc2)cc1C. The number of aryl methyl sites for hydroxylation is 2. The van der Waals surface area contributed by atoms with Crippen molar-refractivity contribution in [1.29, 1.82) is 0 Å². The van der Waals surface area contributed by atoms with E-state index in [2.05, 4.69) is 15.7 Å². The van der Waals surface area contributed by atoms with E-state index in [0.29, 0.717) is 34.9 Å². The van der Waals surface area contributed by atoms with Crippen LogP contribution in [0.2, 0.25) is 0 Å². The number of nitrogens with zero attached hydrogens (tertiary/aromatic N) is 3. The van der Waals surface area contributed by atoms with Crippen LogP contribution in [0.1, 0.15) is 39.8 Å². The molecule has 9 nitrogen and oxygen atoms in total. The molecule has 0 aliphatic rings. The number of nitrogens with one attached hydrogen (secondary N) is 2. The second-order valence-corrected chi connectivity index (χ2v) is 7.30. The summed E-state index contributed by atoms with van der Waals surface area (Å²) in [4.78, 5) is 34.5. The summed E-state index contributed by atoms with van der Waals surface area (Å²) in [7, 11) is 0. The lowest BCUT2D eigenvalue weighted by molar-refractivity contribution is -0.386. The summed E-state index contributed by atoms with van der Waals surface area (Å²) in [6.45, 7) is 6.93. The molecule has 3 aromatic rings. The highest BCUT2D eigenvalue weighted by molar-refractivity contribution is 6.04. The number of nitro groups is 1. The molecule has 0 saturated carbocycles. The van der Waals surface area contributed by atoms with Gasteiger partial charge < -0.3 is 10.6 Å². The van der Waals surface area contributed by atoms with Crippen LogP contribution in [-0.2, 0) is 11.3 Å². The molecule has 0 saturated heterocycles. The largest absolute Gasteiger partial charge is 0.326 e. The Labute approximate surface area is 179 Å². The maximum absolute atomic E-state index is 12.6. The van der Waals surface area contributed by atoms with Gasteiger partial charge in [0.25, 0.3) is 5.91 Å². The van der Waals surface area contributed by atoms with E-state index in [1.807, 2.05) is 6.92 Å².